The Morgan fingerprint density at radius 2 is 0.754 bits per heavy atom. The van der Waals surface area contributed by atoms with Gasteiger partial charge in [0.2, 0.25) is 0 Å². The van der Waals surface area contributed by atoms with Crippen LogP contribution in [0.25, 0.3) is 0 Å². The van der Waals surface area contributed by atoms with Crippen molar-refractivity contribution in [1.82, 2.24) is 9.80 Å². The number of aliphatic hydroxyl groups excluding tert-OH is 1. The summed E-state index contributed by atoms with van der Waals surface area (Å²) >= 11 is 0. The molecule has 3 unspecified atom stereocenters. The first-order valence-corrected chi connectivity index (χ1v) is 31.3. The van der Waals surface area contributed by atoms with Crippen LogP contribution in [0.1, 0.15) is 317 Å². The maximum atomic E-state index is 13.0. The van der Waals surface area contributed by atoms with Crippen molar-refractivity contribution in [2.45, 2.75) is 329 Å². The van der Waals surface area contributed by atoms with Gasteiger partial charge in [-0.3, -0.25) is 14.5 Å². The van der Waals surface area contributed by atoms with Crippen molar-refractivity contribution in [2.24, 2.45) is 11.8 Å². The monoisotopic (exact) mass is 975 g/mol. The van der Waals surface area contributed by atoms with Crippen LogP contribution in [0.2, 0.25) is 0 Å². The topological polar surface area (TPSA) is 79.3 Å². The number of carbonyl (C=O) groups excluding carboxylic acids is 2. The standard InChI is InChI=1S/C62H122N2O5/c1-6-11-16-21-24-31-42-57(40-29-19-14-9-4)55-68-61(66)48-34-27-36-50-63(53-54-64(59-44-38-45-59)52-39-47-60(65)46-33-26-23-18-13-8-3)51-37-28-35-49-62(67)69-56-58(41-30-20-15-10-5)43-32-25-22-17-12-7-2/h57-60,65H,6-56H2,1-5H3. The van der Waals surface area contributed by atoms with Crippen LogP contribution < -0.4 is 0 Å². The van der Waals surface area contributed by atoms with E-state index in [4.69, 9.17) is 9.47 Å². The molecule has 1 fully saturated rings. The van der Waals surface area contributed by atoms with E-state index in [-0.39, 0.29) is 18.0 Å². The van der Waals surface area contributed by atoms with Gasteiger partial charge in [-0.25, -0.2) is 0 Å². The van der Waals surface area contributed by atoms with Crippen LogP contribution in [0.3, 0.4) is 0 Å². The van der Waals surface area contributed by atoms with E-state index < -0.39 is 0 Å². The molecule has 0 amide bonds. The highest BCUT2D eigenvalue weighted by Gasteiger charge is 2.25. The lowest BCUT2D eigenvalue weighted by atomic mass is 9.91. The third-order valence-corrected chi connectivity index (χ3v) is 15.7. The first-order valence-electron chi connectivity index (χ1n) is 31.3. The van der Waals surface area contributed by atoms with E-state index in [1.54, 1.807) is 0 Å². The van der Waals surface area contributed by atoms with Crippen LogP contribution in [0, 0.1) is 11.8 Å². The second-order valence-corrected chi connectivity index (χ2v) is 22.3. The number of rotatable bonds is 55. The van der Waals surface area contributed by atoms with Gasteiger partial charge in [-0.1, -0.05) is 221 Å². The summed E-state index contributed by atoms with van der Waals surface area (Å²) in [6, 6.07) is 0.697. The van der Waals surface area contributed by atoms with E-state index in [0.29, 0.717) is 43.9 Å². The quantitative estimate of drug-likeness (QED) is 0.0480. The lowest BCUT2D eigenvalue weighted by Gasteiger charge is -2.39. The summed E-state index contributed by atoms with van der Waals surface area (Å²) in [6.45, 7) is 18.0. The number of hydrogen-bond donors (Lipinski definition) is 1. The van der Waals surface area contributed by atoms with E-state index >= 15 is 0 Å². The van der Waals surface area contributed by atoms with Crippen LogP contribution >= 0.6 is 0 Å². The van der Waals surface area contributed by atoms with Crippen molar-refractivity contribution in [3.63, 3.8) is 0 Å². The predicted molar refractivity (Wildman–Crippen MR) is 298 cm³/mol. The Kier molecular flexibility index (Phi) is 48.0. The van der Waals surface area contributed by atoms with Gasteiger partial charge in [0.25, 0.3) is 0 Å². The van der Waals surface area contributed by atoms with Crippen molar-refractivity contribution in [2.75, 3.05) is 45.9 Å². The summed E-state index contributed by atoms with van der Waals surface area (Å²) in [6.07, 6.45) is 52.5. The molecule has 1 rings (SSSR count). The Balaban J connectivity index is 2.67. The molecule has 0 spiro atoms. The van der Waals surface area contributed by atoms with Gasteiger partial charge in [0, 0.05) is 32.0 Å². The molecule has 1 saturated carbocycles. The molecule has 7 heteroatoms. The Morgan fingerprint density at radius 1 is 0.406 bits per heavy atom. The van der Waals surface area contributed by atoms with E-state index in [1.165, 1.54) is 205 Å². The van der Waals surface area contributed by atoms with Gasteiger partial charge in [-0.15, -0.1) is 0 Å². The first kappa shape index (κ1) is 65.8. The van der Waals surface area contributed by atoms with Gasteiger partial charge in [-0.2, -0.15) is 0 Å². The zero-order valence-corrected chi connectivity index (χ0v) is 47.3. The molecule has 410 valence electrons. The molecule has 0 aliphatic heterocycles. The molecular formula is C62H122N2O5. The van der Waals surface area contributed by atoms with Gasteiger partial charge in [0.1, 0.15) is 0 Å². The fraction of sp³-hybridized carbons (Fsp3) is 0.968. The largest absolute Gasteiger partial charge is 0.465 e. The Bertz CT molecular complexity index is 1030. The van der Waals surface area contributed by atoms with Crippen molar-refractivity contribution in [3.8, 4) is 0 Å². The van der Waals surface area contributed by atoms with Crippen molar-refractivity contribution >= 4 is 11.9 Å². The smallest absolute Gasteiger partial charge is 0.305 e. The molecule has 0 aromatic heterocycles. The number of carbonyl (C=O) groups is 2. The maximum Gasteiger partial charge on any atom is 0.305 e. The second kappa shape index (κ2) is 50.4. The summed E-state index contributed by atoms with van der Waals surface area (Å²) in [4.78, 5) is 31.3. The van der Waals surface area contributed by atoms with E-state index in [1.807, 2.05) is 0 Å². The summed E-state index contributed by atoms with van der Waals surface area (Å²) in [7, 11) is 0. The van der Waals surface area contributed by atoms with Crippen LogP contribution in [-0.2, 0) is 19.1 Å². The van der Waals surface area contributed by atoms with Gasteiger partial charge < -0.3 is 19.5 Å². The fourth-order valence-electron chi connectivity index (χ4n) is 10.6. The highest BCUT2D eigenvalue weighted by atomic mass is 16.5. The van der Waals surface area contributed by atoms with Crippen molar-refractivity contribution < 1.29 is 24.2 Å². The van der Waals surface area contributed by atoms with E-state index in [0.717, 1.165) is 96.9 Å². The lowest BCUT2D eigenvalue weighted by Crippen LogP contribution is -2.45. The minimum atomic E-state index is -0.158. The van der Waals surface area contributed by atoms with Gasteiger partial charge in [0.05, 0.1) is 19.3 Å². The average Bonchev–Trinajstić information content (AvgIpc) is 3.33. The highest BCUT2D eigenvalue weighted by Crippen LogP contribution is 2.26. The normalized spacial score (nSPS) is 14.4. The Morgan fingerprint density at radius 3 is 1.14 bits per heavy atom. The Hall–Kier alpha value is -1.18. The summed E-state index contributed by atoms with van der Waals surface area (Å²) in [5, 5.41) is 10.8. The summed E-state index contributed by atoms with van der Waals surface area (Å²) in [5.41, 5.74) is 0. The zero-order chi connectivity index (χ0) is 50.1. The molecule has 3 atom stereocenters. The number of aliphatic hydroxyl groups is 1. The van der Waals surface area contributed by atoms with Crippen LogP contribution in [-0.4, -0.2) is 84.9 Å². The van der Waals surface area contributed by atoms with Gasteiger partial charge in [-0.05, 0) is 115 Å². The third kappa shape index (κ3) is 41.9. The number of ether oxygens (including phenoxy) is 2. The number of hydrogen-bond acceptors (Lipinski definition) is 7. The maximum absolute atomic E-state index is 13.0. The molecule has 1 N–H and O–H groups in total. The molecule has 0 heterocycles. The number of esters is 2. The Labute approximate surface area is 431 Å². The van der Waals surface area contributed by atoms with Gasteiger partial charge >= 0.3 is 11.9 Å². The van der Waals surface area contributed by atoms with Crippen LogP contribution in [0.4, 0.5) is 0 Å². The number of nitrogens with zero attached hydrogens (tertiary/aromatic N) is 2. The minimum Gasteiger partial charge on any atom is -0.465 e. The molecule has 0 radical (unpaired) electrons. The highest BCUT2D eigenvalue weighted by molar-refractivity contribution is 5.69. The zero-order valence-electron chi connectivity index (χ0n) is 47.3. The summed E-state index contributed by atoms with van der Waals surface area (Å²) in [5.74, 6) is 1.03. The molecule has 0 aromatic carbocycles. The molecule has 0 bridgehead atoms. The molecule has 69 heavy (non-hydrogen) atoms. The van der Waals surface area contributed by atoms with E-state index in [9.17, 15) is 14.7 Å². The molecule has 1 aliphatic carbocycles. The predicted octanol–water partition coefficient (Wildman–Crippen LogP) is 17.9. The molecule has 0 saturated heterocycles. The average molecular weight is 976 g/mol. The molecule has 0 aromatic rings. The first-order chi connectivity index (χ1) is 33.9. The van der Waals surface area contributed by atoms with Crippen LogP contribution in [0.15, 0.2) is 0 Å². The molecule has 1 aliphatic rings. The minimum absolute atomic E-state index is 0.000387. The lowest BCUT2D eigenvalue weighted by molar-refractivity contribution is -0.146. The number of unbranched alkanes of at least 4 members (excludes halogenated alkanes) is 25. The van der Waals surface area contributed by atoms with Crippen molar-refractivity contribution in [3.05, 3.63) is 0 Å². The van der Waals surface area contributed by atoms with E-state index in [2.05, 4.69) is 44.4 Å². The SMILES string of the molecule is CCCCCCCCC(O)CCCN(CCN(CCCCCC(=O)OCC(CCCCCC)CCCCCCCC)CCCCCC(=O)OCC(CCCCCC)CCCCCCCC)C1CCC1. The molecule has 7 nitrogen and oxygen atoms in total. The summed E-state index contributed by atoms with van der Waals surface area (Å²) < 4.78 is 11.9. The van der Waals surface area contributed by atoms with Gasteiger partial charge in [0.15, 0.2) is 0 Å². The second-order valence-electron chi connectivity index (χ2n) is 22.3. The fourth-order valence-corrected chi connectivity index (χ4v) is 10.6. The molecular weight excluding hydrogens is 853 g/mol. The third-order valence-electron chi connectivity index (χ3n) is 15.7. The van der Waals surface area contributed by atoms with Crippen molar-refractivity contribution in [1.29, 1.82) is 0 Å². The van der Waals surface area contributed by atoms with Crippen LogP contribution in [0.5, 0.6) is 0 Å².